The van der Waals surface area contributed by atoms with Crippen molar-refractivity contribution in [2.45, 2.75) is 69.8 Å². The van der Waals surface area contributed by atoms with Gasteiger partial charge in [0.1, 0.15) is 0 Å². The smallest absolute Gasteiger partial charge is 0.243 e. The monoisotopic (exact) mass is 410 g/mol. The Morgan fingerprint density at radius 1 is 1.11 bits per heavy atom. The van der Waals surface area contributed by atoms with E-state index < -0.39 is 16.1 Å². The maximum Gasteiger partial charge on any atom is 0.243 e. The molecule has 1 aliphatic rings. The van der Waals surface area contributed by atoms with Gasteiger partial charge in [0.25, 0.3) is 0 Å². The minimum atomic E-state index is -3.42. The predicted octanol–water partition coefficient (Wildman–Crippen LogP) is 2.71. The van der Waals surface area contributed by atoms with Crippen molar-refractivity contribution in [2.24, 2.45) is 5.92 Å². The van der Waals surface area contributed by atoms with E-state index in [1.807, 2.05) is 13.8 Å². The highest BCUT2D eigenvalue weighted by Crippen LogP contribution is 2.21. The summed E-state index contributed by atoms with van der Waals surface area (Å²) >= 11 is 0. The Labute approximate surface area is 169 Å². The summed E-state index contributed by atoms with van der Waals surface area (Å²) in [7, 11) is -3.42. The summed E-state index contributed by atoms with van der Waals surface area (Å²) in [4.78, 5) is 12.3. The van der Waals surface area contributed by atoms with Crippen LogP contribution in [0.2, 0.25) is 0 Å². The number of carbonyl (C=O) groups is 1. The molecule has 1 fully saturated rings. The molecule has 2 N–H and O–H groups in total. The summed E-state index contributed by atoms with van der Waals surface area (Å²) in [5.41, 5.74) is 0.924. The van der Waals surface area contributed by atoms with Crippen LogP contribution < -0.4 is 5.32 Å². The fourth-order valence-corrected chi connectivity index (χ4v) is 5.16. The molecule has 2 rings (SSSR count). The van der Waals surface area contributed by atoms with Crippen LogP contribution in [0, 0.1) is 5.92 Å². The molecule has 1 atom stereocenters. The van der Waals surface area contributed by atoms with Crippen LogP contribution in [0.3, 0.4) is 0 Å². The molecule has 1 aliphatic heterocycles. The molecule has 0 spiro atoms. The van der Waals surface area contributed by atoms with Crippen molar-refractivity contribution in [3.8, 4) is 0 Å². The van der Waals surface area contributed by atoms with Gasteiger partial charge in [0.05, 0.1) is 11.0 Å². The first-order valence-electron chi connectivity index (χ1n) is 10.4. The van der Waals surface area contributed by atoms with Crippen molar-refractivity contribution in [1.29, 1.82) is 0 Å². The number of aryl methyl sites for hydroxylation is 1. The predicted molar refractivity (Wildman–Crippen MR) is 110 cm³/mol. The number of nitrogens with zero attached hydrogens (tertiary/aromatic N) is 1. The molecule has 1 unspecified atom stereocenters. The van der Waals surface area contributed by atoms with E-state index in [1.54, 1.807) is 28.6 Å². The van der Waals surface area contributed by atoms with Crippen molar-refractivity contribution in [3.05, 3.63) is 29.8 Å². The van der Waals surface area contributed by atoms with Crippen LogP contribution in [0.4, 0.5) is 0 Å². The molecule has 0 saturated carbocycles. The van der Waals surface area contributed by atoms with E-state index in [0.717, 1.165) is 37.7 Å². The van der Waals surface area contributed by atoms with Crippen LogP contribution in [0.15, 0.2) is 29.2 Å². The molecule has 28 heavy (non-hydrogen) atoms. The van der Waals surface area contributed by atoms with E-state index >= 15 is 0 Å². The number of sulfonamides is 1. The number of nitrogens with one attached hydrogen (secondary N) is 1. The summed E-state index contributed by atoms with van der Waals surface area (Å²) in [6.45, 7) is 5.53. The van der Waals surface area contributed by atoms with Gasteiger partial charge in [0, 0.05) is 26.1 Å². The summed E-state index contributed by atoms with van der Waals surface area (Å²) in [6.07, 6.45) is 5.03. The second-order valence-corrected chi connectivity index (χ2v) is 9.49. The van der Waals surface area contributed by atoms with Gasteiger partial charge in [-0.3, -0.25) is 4.79 Å². The molecule has 1 heterocycles. The van der Waals surface area contributed by atoms with Crippen molar-refractivity contribution >= 4 is 15.9 Å². The van der Waals surface area contributed by atoms with Gasteiger partial charge < -0.3 is 10.4 Å². The third kappa shape index (κ3) is 6.29. The summed E-state index contributed by atoms with van der Waals surface area (Å²) < 4.78 is 26.9. The highest BCUT2D eigenvalue weighted by atomic mass is 32.2. The van der Waals surface area contributed by atoms with E-state index in [1.165, 1.54) is 0 Å². The average Bonchev–Trinajstić information content (AvgIpc) is 2.72. The Balaban J connectivity index is 1.83. The largest absolute Gasteiger partial charge is 0.391 e. The molecule has 158 valence electrons. The third-order valence-electron chi connectivity index (χ3n) is 5.62. The lowest BCUT2D eigenvalue weighted by atomic mass is 9.96. The molecule has 7 heteroatoms. The Kier molecular flexibility index (Phi) is 8.92. The number of benzene rings is 1. The summed E-state index contributed by atoms with van der Waals surface area (Å²) in [5.74, 6) is 0.102. The fraction of sp³-hybridized carbons (Fsp3) is 0.667. The molecular weight excluding hydrogens is 376 g/mol. The molecule has 6 nitrogen and oxygen atoms in total. The number of piperidine rings is 1. The SMILES string of the molecule is CCC(CC)C(O)CNC(=O)CCc1ccc(S(=O)(=O)N2CCCCC2)cc1. The molecule has 0 radical (unpaired) electrons. The number of carbonyl (C=O) groups excluding carboxylic acids is 1. The number of aliphatic hydroxyl groups excluding tert-OH is 1. The van der Waals surface area contributed by atoms with E-state index in [2.05, 4.69) is 5.32 Å². The lowest BCUT2D eigenvalue weighted by Crippen LogP contribution is -2.36. The molecule has 0 aliphatic carbocycles. The van der Waals surface area contributed by atoms with Gasteiger partial charge in [-0.25, -0.2) is 8.42 Å². The molecule has 1 aromatic carbocycles. The maximum absolute atomic E-state index is 12.7. The van der Waals surface area contributed by atoms with E-state index in [9.17, 15) is 18.3 Å². The molecule has 1 aromatic rings. The lowest BCUT2D eigenvalue weighted by molar-refractivity contribution is -0.121. The zero-order valence-electron chi connectivity index (χ0n) is 17.1. The minimum Gasteiger partial charge on any atom is -0.391 e. The van der Waals surface area contributed by atoms with E-state index in [-0.39, 0.29) is 18.4 Å². The van der Waals surface area contributed by atoms with Crippen LogP contribution in [-0.2, 0) is 21.2 Å². The van der Waals surface area contributed by atoms with Crippen molar-refractivity contribution in [1.82, 2.24) is 9.62 Å². The van der Waals surface area contributed by atoms with Gasteiger partial charge in [0.15, 0.2) is 0 Å². The lowest BCUT2D eigenvalue weighted by Gasteiger charge is -2.25. The molecule has 1 saturated heterocycles. The highest BCUT2D eigenvalue weighted by Gasteiger charge is 2.25. The second kappa shape index (κ2) is 10.9. The zero-order chi connectivity index (χ0) is 20.6. The number of hydrogen-bond acceptors (Lipinski definition) is 4. The van der Waals surface area contributed by atoms with Gasteiger partial charge in [-0.2, -0.15) is 4.31 Å². The van der Waals surface area contributed by atoms with Crippen molar-refractivity contribution < 1.29 is 18.3 Å². The van der Waals surface area contributed by atoms with Crippen LogP contribution >= 0.6 is 0 Å². The van der Waals surface area contributed by atoms with Crippen LogP contribution in [-0.4, -0.2) is 49.5 Å². The van der Waals surface area contributed by atoms with Crippen molar-refractivity contribution in [3.63, 3.8) is 0 Å². The number of hydrogen-bond donors (Lipinski definition) is 2. The normalized spacial score (nSPS) is 16.9. The van der Waals surface area contributed by atoms with E-state index in [0.29, 0.717) is 30.8 Å². The molecular formula is C21H34N2O4S. The Bertz CT molecular complexity index is 708. The first-order valence-corrected chi connectivity index (χ1v) is 11.9. The van der Waals surface area contributed by atoms with Crippen LogP contribution in [0.5, 0.6) is 0 Å². The summed E-state index contributed by atoms with van der Waals surface area (Å²) in [5, 5.41) is 12.9. The Morgan fingerprint density at radius 2 is 1.71 bits per heavy atom. The third-order valence-corrected chi connectivity index (χ3v) is 7.53. The van der Waals surface area contributed by atoms with Crippen molar-refractivity contribution in [2.75, 3.05) is 19.6 Å². The van der Waals surface area contributed by atoms with Gasteiger partial charge in [0.2, 0.25) is 15.9 Å². The van der Waals surface area contributed by atoms with Crippen LogP contribution in [0.1, 0.15) is 57.9 Å². The number of amides is 1. The average molecular weight is 411 g/mol. The topological polar surface area (TPSA) is 86.7 Å². The molecule has 0 bridgehead atoms. The summed E-state index contributed by atoms with van der Waals surface area (Å²) in [6, 6.07) is 6.83. The highest BCUT2D eigenvalue weighted by molar-refractivity contribution is 7.89. The first-order chi connectivity index (χ1) is 13.4. The maximum atomic E-state index is 12.7. The number of rotatable bonds is 10. The minimum absolute atomic E-state index is 0.102. The quantitative estimate of drug-likeness (QED) is 0.621. The van der Waals surface area contributed by atoms with Crippen LogP contribution in [0.25, 0.3) is 0 Å². The molecule has 0 aromatic heterocycles. The van der Waals surface area contributed by atoms with Gasteiger partial charge >= 0.3 is 0 Å². The first kappa shape index (κ1) is 22.8. The van der Waals surface area contributed by atoms with Gasteiger partial charge in [-0.15, -0.1) is 0 Å². The van der Waals surface area contributed by atoms with Gasteiger partial charge in [-0.1, -0.05) is 45.2 Å². The standard InChI is InChI=1S/C21H34N2O4S/c1-3-18(4-2)20(24)16-22-21(25)13-10-17-8-11-19(12-9-17)28(26,27)23-14-6-5-7-15-23/h8-9,11-12,18,20,24H,3-7,10,13-16H2,1-2H3,(H,22,25). The number of aliphatic hydroxyl groups is 1. The molecule has 1 amide bonds. The fourth-order valence-electron chi connectivity index (χ4n) is 3.65. The zero-order valence-corrected chi connectivity index (χ0v) is 17.9. The Morgan fingerprint density at radius 3 is 2.29 bits per heavy atom. The second-order valence-electron chi connectivity index (χ2n) is 7.56. The van der Waals surface area contributed by atoms with Gasteiger partial charge in [-0.05, 0) is 42.9 Å². The van der Waals surface area contributed by atoms with E-state index in [4.69, 9.17) is 0 Å². The Hall–Kier alpha value is -1.44.